The van der Waals surface area contributed by atoms with Crippen molar-refractivity contribution in [1.82, 2.24) is 0 Å². The summed E-state index contributed by atoms with van der Waals surface area (Å²) in [5, 5.41) is 2.77. The molecule has 102 valence electrons. The summed E-state index contributed by atoms with van der Waals surface area (Å²) in [4.78, 5) is 13.1. The molecule has 4 saturated carbocycles. The van der Waals surface area contributed by atoms with Gasteiger partial charge in [0.15, 0.2) is 5.78 Å². The number of carbonyl (C=O) groups excluding carboxylic acids is 1. The smallest absolute Gasteiger partial charge is 0.172 e. The van der Waals surface area contributed by atoms with Crippen molar-refractivity contribution < 1.29 is 4.79 Å². The number of hydrogen-bond acceptors (Lipinski definition) is 3. The minimum absolute atomic E-state index is 0.0469. The standard InChI is InChI=1S/C16H21NOS/c1-9-8-19-15(17)13(9)14(18)16-5-10-2-11(6-16)4-12(3-10)7-16/h8,10-12H,2-7,17H2,1H3. The lowest BCUT2D eigenvalue weighted by Crippen LogP contribution is -2.50. The lowest BCUT2D eigenvalue weighted by atomic mass is 9.48. The molecule has 4 aliphatic carbocycles. The molecular formula is C16H21NOS. The number of ketones is 1. The number of nitrogens with two attached hydrogens (primary N) is 1. The van der Waals surface area contributed by atoms with Crippen LogP contribution in [-0.2, 0) is 0 Å². The Bertz CT molecular complexity index is 490. The Labute approximate surface area is 118 Å². The van der Waals surface area contributed by atoms with E-state index in [0.717, 1.165) is 53.1 Å². The molecule has 0 atom stereocenters. The topological polar surface area (TPSA) is 43.1 Å². The van der Waals surface area contributed by atoms with Gasteiger partial charge in [-0.25, -0.2) is 0 Å². The van der Waals surface area contributed by atoms with Crippen molar-refractivity contribution in [1.29, 1.82) is 0 Å². The van der Waals surface area contributed by atoms with Gasteiger partial charge in [-0.15, -0.1) is 11.3 Å². The van der Waals surface area contributed by atoms with E-state index in [9.17, 15) is 4.79 Å². The zero-order valence-corrected chi connectivity index (χ0v) is 12.3. The summed E-state index contributed by atoms with van der Waals surface area (Å²) in [6.45, 7) is 2.03. The Balaban J connectivity index is 1.74. The van der Waals surface area contributed by atoms with Crippen molar-refractivity contribution in [3.8, 4) is 0 Å². The summed E-state index contributed by atoms with van der Waals surface area (Å²) in [6.07, 6.45) is 7.53. The third kappa shape index (κ3) is 1.63. The van der Waals surface area contributed by atoms with Crippen molar-refractivity contribution in [3.05, 3.63) is 16.5 Å². The Kier molecular flexibility index (Phi) is 2.42. The van der Waals surface area contributed by atoms with Crippen LogP contribution in [0.5, 0.6) is 0 Å². The largest absolute Gasteiger partial charge is 0.390 e. The highest BCUT2D eigenvalue weighted by atomic mass is 32.1. The number of rotatable bonds is 2. The van der Waals surface area contributed by atoms with Crippen molar-refractivity contribution in [2.75, 3.05) is 5.73 Å². The van der Waals surface area contributed by atoms with Crippen LogP contribution >= 0.6 is 11.3 Å². The van der Waals surface area contributed by atoms with E-state index in [2.05, 4.69) is 0 Å². The second-order valence-corrected chi connectivity index (χ2v) is 8.10. The highest BCUT2D eigenvalue weighted by molar-refractivity contribution is 7.14. The van der Waals surface area contributed by atoms with Crippen LogP contribution in [-0.4, -0.2) is 5.78 Å². The van der Waals surface area contributed by atoms with Crippen LogP contribution in [0, 0.1) is 30.1 Å². The molecule has 0 aromatic carbocycles. The van der Waals surface area contributed by atoms with Gasteiger partial charge in [-0.1, -0.05) is 0 Å². The van der Waals surface area contributed by atoms with Crippen LogP contribution < -0.4 is 5.73 Å². The molecule has 1 aromatic rings. The first-order valence-electron chi connectivity index (χ1n) is 7.46. The zero-order valence-electron chi connectivity index (χ0n) is 11.4. The molecule has 4 aliphatic rings. The molecule has 3 heteroatoms. The summed E-state index contributed by atoms with van der Waals surface area (Å²) in [5.41, 5.74) is 7.95. The Hall–Kier alpha value is -0.830. The molecule has 0 aliphatic heterocycles. The van der Waals surface area contributed by atoms with Gasteiger partial charge >= 0.3 is 0 Å². The van der Waals surface area contributed by atoms with Crippen molar-refractivity contribution in [3.63, 3.8) is 0 Å². The van der Waals surface area contributed by atoms with Gasteiger partial charge in [0.25, 0.3) is 0 Å². The normalized spacial score (nSPS) is 39.7. The number of Topliss-reactive ketones (excluding diaryl/α,β-unsaturated/α-hetero) is 1. The average molecular weight is 275 g/mol. The first kappa shape index (κ1) is 12.0. The fourth-order valence-corrected chi connectivity index (χ4v) is 6.20. The highest BCUT2D eigenvalue weighted by Crippen LogP contribution is 2.61. The predicted octanol–water partition coefficient (Wildman–Crippen LogP) is 4.04. The van der Waals surface area contributed by atoms with E-state index >= 15 is 0 Å². The van der Waals surface area contributed by atoms with Gasteiger partial charge in [0.1, 0.15) is 0 Å². The Morgan fingerprint density at radius 3 is 2.16 bits per heavy atom. The predicted molar refractivity (Wildman–Crippen MR) is 78.4 cm³/mol. The number of carbonyl (C=O) groups is 1. The Morgan fingerprint density at radius 2 is 1.74 bits per heavy atom. The minimum Gasteiger partial charge on any atom is -0.390 e. The average Bonchev–Trinajstić information content (AvgIpc) is 2.66. The van der Waals surface area contributed by atoms with E-state index in [1.165, 1.54) is 30.6 Å². The summed E-state index contributed by atoms with van der Waals surface area (Å²) in [5.74, 6) is 2.82. The molecular weight excluding hydrogens is 254 g/mol. The van der Waals surface area contributed by atoms with Gasteiger partial charge in [0, 0.05) is 5.41 Å². The maximum Gasteiger partial charge on any atom is 0.172 e. The molecule has 19 heavy (non-hydrogen) atoms. The molecule has 2 N–H and O–H groups in total. The fraction of sp³-hybridized carbons (Fsp3) is 0.688. The van der Waals surface area contributed by atoms with Crippen LogP contribution in [0.4, 0.5) is 5.00 Å². The second kappa shape index (κ2) is 3.85. The quantitative estimate of drug-likeness (QED) is 0.828. The van der Waals surface area contributed by atoms with Crippen LogP contribution in [0.3, 0.4) is 0 Å². The molecule has 4 fully saturated rings. The van der Waals surface area contributed by atoms with Crippen LogP contribution in [0.25, 0.3) is 0 Å². The van der Waals surface area contributed by atoms with E-state index < -0.39 is 0 Å². The molecule has 0 amide bonds. The fourth-order valence-electron chi connectivity index (χ4n) is 5.41. The number of anilines is 1. The maximum atomic E-state index is 13.1. The lowest BCUT2D eigenvalue weighted by molar-refractivity contribution is -0.0352. The van der Waals surface area contributed by atoms with Crippen LogP contribution in [0.2, 0.25) is 0 Å². The molecule has 0 saturated heterocycles. The van der Waals surface area contributed by atoms with Crippen molar-refractivity contribution >= 4 is 22.1 Å². The third-order valence-corrected chi connectivity index (χ3v) is 6.68. The highest BCUT2D eigenvalue weighted by Gasteiger charge is 2.55. The minimum atomic E-state index is -0.0469. The number of nitrogen functional groups attached to an aromatic ring is 1. The lowest BCUT2D eigenvalue weighted by Gasteiger charge is -2.56. The van der Waals surface area contributed by atoms with Crippen molar-refractivity contribution in [2.24, 2.45) is 23.2 Å². The van der Waals surface area contributed by atoms with E-state index in [1.807, 2.05) is 12.3 Å². The SMILES string of the molecule is Cc1csc(N)c1C(=O)C12CC3CC(CC(C3)C1)C2. The van der Waals surface area contributed by atoms with Crippen LogP contribution in [0.15, 0.2) is 5.38 Å². The van der Waals surface area contributed by atoms with Gasteiger partial charge in [0.05, 0.1) is 10.6 Å². The van der Waals surface area contributed by atoms with Crippen LogP contribution in [0.1, 0.15) is 54.4 Å². The molecule has 2 nitrogen and oxygen atoms in total. The summed E-state index contributed by atoms with van der Waals surface area (Å²) < 4.78 is 0. The number of hydrogen-bond donors (Lipinski definition) is 1. The Morgan fingerprint density at radius 1 is 1.21 bits per heavy atom. The summed E-state index contributed by atoms with van der Waals surface area (Å²) in [7, 11) is 0. The first-order chi connectivity index (χ1) is 9.07. The van der Waals surface area contributed by atoms with Gasteiger partial charge in [-0.2, -0.15) is 0 Å². The summed E-state index contributed by atoms with van der Waals surface area (Å²) >= 11 is 1.52. The summed E-state index contributed by atoms with van der Waals surface area (Å²) in [6, 6.07) is 0. The van der Waals surface area contributed by atoms with Gasteiger partial charge in [-0.3, -0.25) is 4.79 Å². The van der Waals surface area contributed by atoms with Gasteiger partial charge < -0.3 is 5.73 Å². The zero-order chi connectivity index (χ0) is 13.2. The third-order valence-electron chi connectivity index (χ3n) is 5.75. The maximum absolute atomic E-state index is 13.1. The molecule has 4 bridgehead atoms. The van der Waals surface area contributed by atoms with Crippen molar-refractivity contribution in [2.45, 2.75) is 45.4 Å². The monoisotopic (exact) mass is 275 g/mol. The van der Waals surface area contributed by atoms with Gasteiger partial charge in [0.2, 0.25) is 0 Å². The molecule has 1 heterocycles. The molecule has 5 rings (SSSR count). The van der Waals surface area contributed by atoms with Gasteiger partial charge in [-0.05, 0) is 74.1 Å². The first-order valence-corrected chi connectivity index (χ1v) is 8.34. The molecule has 0 unspecified atom stereocenters. The number of aryl methyl sites for hydroxylation is 1. The van der Waals surface area contributed by atoms with E-state index in [4.69, 9.17) is 5.73 Å². The number of thiophene rings is 1. The molecule has 0 spiro atoms. The molecule has 0 radical (unpaired) electrons. The van der Waals surface area contributed by atoms with E-state index in [0.29, 0.717) is 5.78 Å². The molecule has 1 aromatic heterocycles. The van der Waals surface area contributed by atoms with E-state index in [-0.39, 0.29) is 5.41 Å². The second-order valence-electron chi connectivity index (χ2n) is 7.18. The van der Waals surface area contributed by atoms with E-state index in [1.54, 1.807) is 0 Å².